The van der Waals surface area contributed by atoms with Crippen LogP contribution in [0.5, 0.6) is 0 Å². The lowest BCUT2D eigenvalue weighted by Gasteiger charge is -2.23. The summed E-state index contributed by atoms with van der Waals surface area (Å²) in [5.41, 5.74) is 0. The Balaban J connectivity index is 1.61. The van der Waals surface area contributed by atoms with E-state index in [2.05, 4.69) is 35.0 Å². The van der Waals surface area contributed by atoms with Crippen LogP contribution in [0, 0.1) is 17.8 Å². The van der Waals surface area contributed by atoms with Crippen LogP contribution in [-0.2, 0) is 6.42 Å². The van der Waals surface area contributed by atoms with E-state index >= 15 is 0 Å². The third kappa shape index (κ3) is 2.49. The average Bonchev–Trinajstić information content (AvgIpc) is 3.04. The first-order chi connectivity index (χ1) is 8.26. The summed E-state index contributed by atoms with van der Waals surface area (Å²) in [5, 5.41) is 0. The highest BCUT2D eigenvalue weighted by molar-refractivity contribution is 9.09. The van der Waals surface area contributed by atoms with Crippen molar-refractivity contribution in [2.45, 2.75) is 50.3 Å². The summed E-state index contributed by atoms with van der Waals surface area (Å²) in [4.78, 5) is 3.68. The molecule has 17 heavy (non-hydrogen) atoms. The van der Waals surface area contributed by atoms with Crippen LogP contribution in [0.4, 0.5) is 0 Å². The number of hydrogen-bond donors (Lipinski definition) is 0. The number of aryl methyl sites for hydroxylation is 1. The Morgan fingerprint density at radius 3 is 2.82 bits per heavy atom. The number of hydrogen-bond acceptors (Lipinski definition) is 1. The zero-order valence-electron chi connectivity index (χ0n) is 10.5. The maximum Gasteiger partial charge on any atom is 0.0492 e. The van der Waals surface area contributed by atoms with Gasteiger partial charge in [-0.25, -0.2) is 0 Å². The van der Waals surface area contributed by atoms with Gasteiger partial charge in [0.25, 0.3) is 0 Å². The minimum absolute atomic E-state index is 0.608. The molecule has 0 saturated heterocycles. The molecule has 2 aliphatic carbocycles. The van der Waals surface area contributed by atoms with Crippen LogP contribution < -0.4 is 0 Å². The second kappa shape index (κ2) is 5.05. The maximum absolute atomic E-state index is 3.92. The minimum Gasteiger partial charge on any atom is -0.144 e. The molecule has 4 unspecified atom stereocenters. The van der Waals surface area contributed by atoms with Gasteiger partial charge in [0, 0.05) is 14.6 Å². The molecule has 1 aromatic heterocycles. The van der Waals surface area contributed by atoms with Gasteiger partial charge in [0.05, 0.1) is 0 Å². The molecule has 4 atom stereocenters. The molecule has 3 rings (SSSR count). The highest BCUT2D eigenvalue weighted by Gasteiger charge is 2.40. The van der Waals surface area contributed by atoms with Crippen molar-refractivity contribution < 1.29 is 0 Å². The second-order valence-electron chi connectivity index (χ2n) is 5.80. The van der Waals surface area contributed by atoms with Crippen LogP contribution in [0.15, 0.2) is 12.1 Å². The van der Waals surface area contributed by atoms with E-state index in [1.54, 1.807) is 4.88 Å². The van der Waals surface area contributed by atoms with Gasteiger partial charge in [0.1, 0.15) is 0 Å². The van der Waals surface area contributed by atoms with Gasteiger partial charge in [-0.05, 0) is 62.0 Å². The topological polar surface area (TPSA) is 0 Å². The molecule has 0 nitrogen and oxygen atoms in total. The fraction of sp³-hybridized carbons (Fsp3) is 0.733. The Bertz CT molecular complexity index is 384. The number of rotatable bonds is 4. The van der Waals surface area contributed by atoms with E-state index in [0.29, 0.717) is 4.83 Å². The standard InChI is InChI=1S/C15H21BrS/c1-2-13-5-6-15(17-13)14(16)9-12-8-10-3-4-11(12)7-10/h5-6,10-12,14H,2-4,7-9H2,1H3. The number of alkyl halides is 1. The van der Waals surface area contributed by atoms with Crippen LogP contribution in [0.25, 0.3) is 0 Å². The molecule has 1 heterocycles. The SMILES string of the molecule is CCc1ccc(C(Br)CC2CC3CCC2C3)s1. The Labute approximate surface area is 117 Å². The fourth-order valence-corrected chi connectivity index (χ4v) is 5.66. The largest absolute Gasteiger partial charge is 0.144 e. The molecule has 2 aliphatic rings. The van der Waals surface area contributed by atoms with Gasteiger partial charge < -0.3 is 0 Å². The molecular weight excluding hydrogens is 292 g/mol. The summed E-state index contributed by atoms with van der Waals surface area (Å²) in [6.45, 7) is 2.24. The number of thiophene rings is 1. The molecule has 2 saturated carbocycles. The summed E-state index contributed by atoms with van der Waals surface area (Å²) >= 11 is 5.92. The molecule has 94 valence electrons. The van der Waals surface area contributed by atoms with Gasteiger partial charge in [0.15, 0.2) is 0 Å². The normalized spacial score (nSPS) is 33.2. The van der Waals surface area contributed by atoms with Gasteiger partial charge in [-0.15, -0.1) is 11.3 Å². The van der Waals surface area contributed by atoms with Crippen LogP contribution >= 0.6 is 27.3 Å². The maximum atomic E-state index is 3.92. The van der Waals surface area contributed by atoms with E-state index in [0.717, 1.165) is 17.8 Å². The Morgan fingerprint density at radius 1 is 1.35 bits per heavy atom. The van der Waals surface area contributed by atoms with Gasteiger partial charge >= 0.3 is 0 Å². The number of fused-ring (bicyclic) bond motifs is 2. The van der Waals surface area contributed by atoms with E-state index in [-0.39, 0.29) is 0 Å². The minimum atomic E-state index is 0.608. The lowest BCUT2D eigenvalue weighted by molar-refractivity contribution is 0.314. The van der Waals surface area contributed by atoms with Crippen LogP contribution in [0.2, 0.25) is 0 Å². The van der Waals surface area contributed by atoms with Gasteiger partial charge in [-0.3, -0.25) is 0 Å². The predicted octanol–water partition coefficient (Wildman–Crippen LogP) is 5.57. The smallest absolute Gasteiger partial charge is 0.0492 e. The molecular formula is C15H21BrS. The first-order valence-electron chi connectivity index (χ1n) is 6.99. The molecule has 2 heteroatoms. The van der Waals surface area contributed by atoms with Gasteiger partial charge in [0.2, 0.25) is 0 Å². The van der Waals surface area contributed by atoms with Crippen molar-refractivity contribution in [1.82, 2.24) is 0 Å². The lowest BCUT2D eigenvalue weighted by atomic mass is 9.85. The third-order valence-corrected chi connectivity index (χ3v) is 7.25. The van der Waals surface area contributed by atoms with Crippen LogP contribution in [-0.4, -0.2) is 0 Å². The van der Waals surface area contributed by atoms with Crippen molar-refractivity contribution in [3.63, 3.8) is 0 Å². The molecule has 0 aliphatic heterocycles. The first kappa shape index (κ1) is 12.2. The molecule has 2 fully saturated rings. The summed E-state index contributed by atoms with van der Waals surface area (Å²) in [6.07, 6.45) is 8.63. The molecule has 0 aromatic carbocycles. The summed E-state index contributed by atoms with van der Waals surface area (Å²) < 4.78 is 0. The number of halogens is 1. The van der Waals surface area contributed by atoms with Gasteiger partial charge in [-0.2, -0.15) is 0 Å². The van der Waals surface area contributed by atoms with Crippen molar-refractivity contribution in [2.75, 3.05) is 0 Å². The zero-order chi connectivity index (χ0) is 11.8. The molecule has 0 radical (unpaired) electrons. The zero-order valence-corrected chi connectivity index (χ0v) is 12.9. The van der Waals surface area contributed by atoms with E-state index in [9.17, 15) is 0 Å². The molecule has 2 bridgehead atoms. The predicted molar refractivity (Wildman–Crippen MR) is 78.9 cm³/mol. The Morgan fingerprint density at radius 2 is 2.24 bits per heavy atom. The summed E-state index contributed by atoms with van der Waals surface area (Å²) in [7, 11) is 0. The van der Waals surface area contributed by atoms with E-state index in [4.69, 9.17) is 0 Å². The van der Waals surface area contributed by atoms with E-state index in [1.165, 1.54) is 43.4 Å². The van der Waals surface area contributed by atoms with Crippen molar-refractivity contribution in [1.29, 1.82) is 0 Å². The molecule has 0 amide bonds. The monoisotopic (exact) mass is 312 g/mol. The Hall–Kier alpha value is 0.180. The first-order valence-corrected chi connectivity index (χ1v) is 8.72. The Kier molecular flexibility index (Phi) is 3.63. The molecule has 0 N–H and O–H groups in total. The van der Waals surface area contributed by atoms with Crippen molar-refractivity contribution in [2.24, 2.45) is 17.8 Å². The summed E-state index contributed by atoms with van der Waals surface area (Å²) in [6, 6.07) is 4.63. The fourth-order valence-electron chi connectivity index (χ4n) is 3.80. The highest BCUT2D eigenvalue weighted by atomic mass is 79.9. The third-order valence-electron chi connectivity index (χ3n) is 4.73. The second-order valence-corrected chi connectivity index (χ2v) is 8.10. The van der Waals surface area contributed by atoms with Crippen molar-refractivity contribution in [3.8, 4) is 0 Å². The molecule has 1 aromatic rings. The van der Waals surface area contributed by atoms with Crippen molar-refractivity contribution >= 4 is 27.3 Å². The van der Waals surface area contributed by atoms with Crippen LogP contribution in [0.3, 0.4) is 0 Å². The highest BCUT2D eigenvalue weighted by Crippen LogP contribution is 2.52. The molecule has 0 spiro atoms. The summed E-state index contributed by atoms with van der Waals surface area (Å²) in [5.74, 6) is 3.15. The lowest BCUT2D eigenvalue weighted by Crippen LogP contribution is -2.11. The van der Waals surface area contributed by atoms with E-state index < -0.39 is 0 Å². The quantitative estimate of drug-likeness (QED) is 0.637. The van der Waals surface area contributed by atoms with Gasteiger partial charge in [-0.1, -0.05) is 29.3 Å². The van der Waals surface area contributed by atoms with Crippen molar-refractivity contribution in [3.05, 3.63) is 21.9 Å². The average molecular weight is 313 g/mol. The van der Waals surface area contributed by atoms with E-state index in [1.807, 2.05) is 11.3 Å². The van der Waals surface area contributed by atoms with Crippen LogP contribution in [0.1, 0.15) is 53.6 Å².